The topological polar surface area (TPSA) is 99.8 Å². The van der Waals surface area contributed by atoms with Crippen LogP contribution in [0.15, 0.2) is 53.1 Å². The fourth-order valence-corrected chi connectivity index (χ4v) is 6.39. The van der Waals surface area contributed by atoms with Gasteiger partial charge in [-0.2, -0.15) is 13.2 Å². The van der Waals surface area contributed by atoms with Crippen molar-refractivity contribution in [3.05, 3.63) is 60.1 Å². The number of hydrogen-bond acceptors (Lipinski definition) is 6. The highest BCUT2D eigenvalue weighted by Crippen LogP contribution is 2.42. The molecule has 10 heteroatoms. The molecule has 4 heterocycles. The summed E-state index contributed by atoms with van der Waals surface area (Å²) in [6, 6.07) is 14.1. The Morgan fingerprint density at radius 2 is 1.64 bits per heavy atom. The summed E-state index contributed by atoms with van der Waals surface area (Å²) in [5.41, 5.74) is -0.309. The normalized spacial score (nSPS) is 26.7. The molecule has 2 aromatic rings. The number of carbonyl (C=O) groups excluding carboxylic acids is 2. The number of aliphatic hydroxyl groups is 1. The maximum absolute atomic E-state index is 13.6. The summed E-state index contributed by atoms with van der Waals surface area (Å²) in [7, 11) is 0. The number of ether oxygens (including phenoxy) is 1. The Bertz CT molecular complexity index is 1080. The number of benzene rings is 1. The highest BCUT2D eigenvalue weighted by molar-refractivity contribution is 5.81. The maximum Gasteiger partial charge on any atom is 0.430 e. The molecule has 0 radical (unpaired) electrons. The lowest BCUT2D eigenvalue weighted by Gasteiger charge is -2.52. The zero-order chi connectivity index (χ0) is 28.1. The molecule has 2 bridgehead atoms. The number of furan rings is 1. The molecule has 39 heavy (non-hydrogen) atoms. The minimum atomic E-state index is -5.19. The lowest BCUT2D eigenvalue weighted by Crippen LogP contribution is -2.65. The molecular formula is C29H36F3NO6. The molecule has 1 aliphatic carbocycles. The first-order valence-corrected chi connectivity index (χ1v) is 13.7. The molecular weight excluding hydrogens is 515 g/mol. The number of piperidine rings is 3. The number of quaternary nitrogens is 1. The molecule has 0 spiro atoms. The molecule has 1 saturated carbocycles. The second kappa shape index (κ2) is 12.1. The van der Waals surface area contributed by atoms with Gasteiger partial charge in [0.1, 0.15) is 18.3 Å². The third kappa shape index (κ3) is 6.84. The second-order valence-corrected chi connectivity index (χ2v) is 11.1. The molecule has 7 nitrogen and oxygen atoms in total. The van der Waals surface area contributed by atoms with Crippen LogP contribution in [0.4, 0.5) is 13.2 Å². The number of carbonyl (C=O) groups is 2. The first-order valence-electron chi connectivity index (χ1n) is 13.7. The predicted molar refractivity (Wildman–Crippen MR) is 133 cm³/mol. The minimum absolute atomic E-state index is 0.120. The number of alkyl halides is 3. The molecule has 214 valence electrons. The number of hydrogen-bond donors (Lipinski definition) is 1. The van der Waals surface area contributed by atoms with Gasteiger partial charge >= 0.3 is 12.1 Å². The van der Waals surface area contributed by atoms with Crippen LogP contribution in [0.25, 0.3) is 0 Å². The molecule has 0 amide bonds. The first kappa shape index (κ1) is 29.1. The van der Waals surface area contributed by atoms with Gasteiger partial charge in [-0.25, -0.2) is 4.79 Å². The summed E-state index contributed by atoms with van der Waals surface area (Å²) in [4.78, 5) is 22.3. The third-order valence-electron chi connectivity index (χ3n) is 8.65. The lowest BCUT2D eigenvalue weighted by atomic mass is 9.75. The van der Waals surface area contributed by atoms with Crippen molar-refractivity contribution in [1.29, 1.82) is 0 Å². The largest absolute Gasteiger partial charge is 0.542 e. The van der Waals surface area contributed by atoms with Crippen LogP contribution >= 0.6 is 0 Å². The number of halogens is 3. The average molecular weight is 552 g/mol. The van der Waals surface area contributed by atoms with E-state index in [1.807, 2.05) is 0 Å². The van der Waals surface area contributed by atoms with Crippen LogP contribution in [0, 0.1) is 11.8 Å². The summed E-state index contributed by atoms with van der Waals surface area (Å²) < 4.78 is 44.3. The van der Waals surface area contributed by atoms with Crippen molar-refractivity contribution in [3.63, 3.8) is 0 Å². The molecule has 1 N–H and O–H groups in total. The van der Waals surface area contributed by atoms with E-state index in [2.05, 4.69) is 30.3 Å². The fourth-order valence-electron chi connectivity index (χ4n) is 6.39. The van der Waals surface area contributed by atoms with Crippen LogP contribution in [-0.4, -0.2) is 60.0 Å². The Morgan fingerprint density at radius 1 is 1.00 bits per heavy atom. The van der Waals surface area contributed by atoms with Crippen LogP contribution in [0.5, 0.6) is 0 Å². The quantitative estimate of drug-likeness (QED) is 0.416. The van der Waals surface area contributed by atoms with E-state index in [0.717, 1.165) is 82.0 Å². The first-order chi connectivity index (χ1) is 18.5. The third-order valence-corrected chi connectivity index (χ3v) is 8.65. The van der Waals surface area contributed by atoms with Crippen molar-refractivity contribution >= 4 is 11.9 Å². The summed E-state index contributed by atoms with van der Waals surface area (Å²) in [5, 5.41) is 20.5. The molecule has 3 saturated heterocycles. The van der Waals surface area contributed by atoms with Crippen LogP contribution in [0.3, 0.4) is 0 Å². The van der Waals surface area contributed by atoms with Gasteiger partial charge in [0.15, 0.2) is 6.10 Å². The van der Waals surface area contributed by atoms with E-state index in [0.29, 0.717) is 11.7 Å². The smallest absolute Gasteiger partial charge is 0.430 e. The van der Waals surface area contributed by atoms with Gasteiger partial charge in [0.2, 0.25) is 5.60 Å². The number of carboxylic acid groups (broad SMARTS) is 1. The zero-order valence-corrected chi connectivity index (χ0v) is 21.9. The van der Waals surface area contributed by atoms with Gasteiger partial charge in [0, 0.05) is 31.1 Å². The van der Waals surface area contributed by atoms with E-state index in [4.69, 9.17) is 19.1 Å². The number of aliphatic carboxylic acids is 1. The Hall–Kier alpha value is -2.85. The Kier molecular flexibility index (Phi) is 9.06. The zero-order valence-electron chi connectivity index (χ0n) is 21.9. The van der Waals surface area contributed by atoms with Gasteiger partial charge in [-0.15, -0.1) is 0 Å². The van der Waals surface area contributed by atoms with Gasteiger partial charge in [0.25, 0.3) is 0 Å². The summed E-state index contributed by atoms with van der Waals surface area (Å²) in [5.74, 6) is -2.91. The molecule has 4 aliphatic rings. The van der Waals surface area contributed by atoms with Crippen molar-refractivity contribution in [3.8, 4) is 0 Å². The Labute approximate surface area is 226 Å². The van der Waals surface area contributed by atoms with Crippen molar-refractivity contribution in [1.82, 2.24) is 0 Å². The van der Waals surface area contributed by atoms with E-state index >= 15 is 0 Å². The molecule has 1 aromatic carbocycles. The van der Waals surface area contributed by atoms with E-state index < -0.39 is 23.7 Å². The standard InChI is InChI=1S/C27H36NO4.C2HF3O2/c29-26(27(30,25-12-7-19-31-25)23-10-5-2-6-11-23)32-24-20-28(17-14-22(24)15-18-28)16-13-21-8-3-1-4-9-21;3-2(4,5)1(6)7/h1,3-4,7-9,12,19,22-24,30H,2,5-6,10-11,13-18,20H2;(H,6,7)/q+1;/p-1/t22?,24-,27-,28?;/m0./s1. The van der Waals surface area contributed by atoms with Gasteiger partial charge in [-0.1, -0.05) is 49.6 Å². The van der Waals surface area contributed by atoms with Gasteiger partial charge in [-0.05, 0) is 30.5 Å². The van der Waals surface area contributed by atoms with Crippen molar-refractivity contribution < 1.29 is 46.6 Å². The summed E-state index contributed by atoms with van der Waals surface area (Å²) in [6.07, 6.45) is 4.34. The van der Waals surface area contributed by atoms with Crippen LogP contribution < -0.4 is 5.11 Å². The number of nitrogens with zero attached hydrogens (tertiary/aromatic N) is 1. The number of fused-ring (bicyclic) bond motifs is 3. The highest BCUT2D eigenvalue weighted by atomic mass is 19.4. The van der Waals surface area contributed by atoms with Crippen LogP contribution in [-0.2, 0) is 26.3 Å². The number of carboxylic acids is 1. The highest BCUT2D eigenvalue weighted by Gasteiger charge is 2.53. The van der Waals surface area contributed by atoms with E-state index in [-0.39, 0.29) is 12.0 Å². The van der Waals surface area contributed by atoms with E-state index in [9.17, 15) is 23.1 Å². The van der Waals surface area contributed by atoms with Gasteiger partial charge in [-0.3, -0.25) is 0 Å². The Balaban J connectivity index is 0.000000448. The molecule has 6 rings (SSSR count). The number of rotatable bonds is 7. The maximum atomic E-state index is 13.6. The van der Waals surface area contributed by atoms with Gasteiger partial charge in [0.05, 0.1) is 25.9 Å². The second-order valence-electron chi connectivity index (χ2n) is 11.1. The summed E-state index contributed by atoms with van der Waals surface area (Å²) in [6.45, 7) is 4.27. The van der Waals surface area contributed by atoms with Gasteiger partial charge < -0.3 is 28.6 Å². The van der Waals surface area contributed by atoms with E-state index in [1.54, 1.807) is 12.1 Å². The predicted octanol–water partition coefficient (Wildman–Crippen LogP) is 3.74. The number of esters is 1. The molecule has 2 atom stereocenters. The average Bonchev–Trinajstić information content (AvgIpc) is 3.49. The summed E-state index contributed by atoms with van der Waals surface area (Å²) >= 11 is 0. The molecule has 1 aromatic heterocycles. The van der Waals surface area contributed by atoms with Crippen molar-refractivity contribution in [2.24, 2.45) is 11.8 Å². The van der Waals surface area contributed by atoms with Crippen molar-refractivity contribution in [2.45, 2.75) is 69.2 Å². The Morgan fingerprint density at radius 3 is 2.21 bits per heavy atom. The monoisotopic (exact) mass is 551 g/mol. The molecule has 3 aliphatic heterocycles. The molecule has 0 unspecified atom stereocenters. The van der Waals surface area contributed by atoms with Crippen LogP contribution in [0.1, 0.15) is 56.3 Å². The fraction of sp³-hybridized carbons (Fsp3) is 0.586. The SMILES string of the molecule is O=C(O[C@H]1C[N+]2(CCc3ccccc3)CCC1CC2)[C@@](O)(c1ccco1)C1CCCCC1.O=C([O-])C(F)(F)F. The minimum Gasteiger partial charge on any atom is -0.542 e. The molecule has 4 fully saturated rings. The lowest BCUT2D eigenvalue weighted by molar-refractivity contribution is -0.946. The van der Waals surface area contributed by atoms with E-state index in [1.165, 1.54) is 11.8 Å². The van der Waals surface area contributed by atoms with Crippen LogP contribution in [0.2, 0.25) is 0 Å². The van der Waals surface area contributed by atoms with Crippen molar-refractivity contribution in [2.75, 3.05) is 26.2 Å².